The summed E-state index contributed by atoms with van der Waals surface area (Å²) < 4.78 is 7.21. The van der Waals surface area contributed by atoms with Crippen molar-refractivity contribution in [2.75, 3.05) is 7.11 Å². The van der Waals surface area contributed by atoms with Gasteiger partial charge in [-0.15, -0.1) is 0 Å². The molecule has 2 aromatic rings. The van der Waals surface area contributed by atoms with Gasteiger partial charge in [0.2, 0.25) is 0 Å². The minimum atomic E-state index is -0.00921. The van der Waals surface area contributed by atoms with Crippen LogP contribution in [0.25, 0.3) is 0 Å². The summed E-state index contributed by atoms with van der Waals surface area (Å²) in [4.78, 5) is 12.8. The highest BCUT2D eigenvalue weighted by Gasteiger charge is 2.20. The molecular formula is C16H14BrIO2. The molecule has 0 aliphatic heterocycles. The molecular weight excluding hydrogens is 431 g/mol. The highest BCUT2D eigenvalue weighted by Crippen LogP contribution is 2.29. The van der Waals surface area contributed by atoms with Gasteiger partial charge in [-0.3, -0.25) is 4.79 Å². The van der Waals surface area contributed by atoms with Crippen LogP contribution < -0.4 is 4.74 Å². The molecule has 0 spiro atoms. The molecule has 2 rings (SSSR count). The maximum Gasteiger partial charge on any atom is 0.198 e. The van der Waals surface area contributed by atoms with E-state index in [2.05, 4.69) is 38.5 Å². The van der Waals surface area contributed by atoms with Crippen LogP contribution in [0, 0.1) is 17.4 Å². The number of ether oxygens (including phenoxy) is 1. The van der Waals surface area contributed by atoms with Crippen molar-refractivity contribution < 1.29 is 9.53 Å². The Morgan fingerprint density at radius 1 is 1.20 bits per heavy atom. The molecule has 0 aromatic heterocycles. The summed E-state index contributed by atoms with van der Waals surface area (Å²) in [6.07, 6.45) is 0. The second-order valence-electron chi connectivity index (χ2n) is 4.61. The predicted octanol–water partition coefficient (Wildman–Crippen LogP) is 4.91. The summed E-state index contributed by atoms with van der Waals surface area (Å²) in [5.74, 6) is 0.619. The van der Waals surface area contributed by atoms with Crippen molar-refractivity contribution >= 4 is 44.3 Å². The highest BCUT2D eigenvalue weighted by molar-refractivity contribution is 14.1. The maximum absolute atomic E-state index is 12.8. The molecule has 0 atom stereocenters. The Morgan fingerprint density at radius 3 is 2.55 bits per heavy atom. The number of hydrogen-bond acceptors (Lipinski definition) is 2. The Morgan fingerprint density at radius 2 is 1.90 bits per heavy atom. The van der Waals surface area contributed by atoms with E-state index in [0.717, 1.165) is 19.2 Å². The van der Waals surface area contributed by atoms with E-state index < -0.39 is 0 Å². The van der Waals surface area contributed by atoms with Gasteiger partial charge in [-0.25, -0.2) is 0 Å². The Labute approximate surface area is 140 Å². The molecule has 0 N–H and O–H groups in total. The lowest BCUT2D eigenvalue weighted by molar-refractivity contribution is 0.103. The van der Waals surface area contributed by atoms with Crippen molar-refractivity contribution in [3.05, 3.63) is 60.6 Å². The smallest absolute Gasteiger partial charge is 0.198 e. The van der Waals surface area contributed by atoms with Crippen LogP contribution in [0.15, 0.2) is 34.8 Å². The van der Waals surface area contributed by atoms with Gasteiger partial charge in [-0.1, -0.05) is 22.0 Å². The summed E-state index contributed by atoms with van der Waals surface area (Å²) in [6.45, 7) is 3.93. The van der Waals surface area contributed by atoms with Crippen molar-refractivity contribution in [2.45, 2.75) is 13.8 Å². The Kier molecular flexibility index (Phi) is 4.86. The highest BCUT2D eigenvalue weighted by atomic mass is 127. The molecule has 0 saturated carbocycles. The van der Waals surface area contributed by atoms with Crippen molar-refractivity contribution in [1.82, 2.24) is 0 Å². The number of ketones is 1. The predicted molar refractivity (Wildman–Crippen MR) is 92.8 cm³/mol. The van der Waals surface area contributed by atoms with Crippen molar-refractivity contribution in [2.24, 2.45) is 0 Å². The maximum atomic E-state index is 12.8. The monoisotopic (exact) mass is 444 g/mol. The van der Waals surface area contributed by atoms with Crippen LogP contribution in [0.3, 0.4) is 0 Å². The van der Waals surface area contributed by atoms with Crippen molar-refractivity contribution in [3.63, 3.8) is 0 Å². The molecule has 0 aliphatic rings. The van der Waals surface area contributed by atoms with Crippen molar-refractivity contribution in [3.8, 4) is 5.75 Å². The van der Waals surface area contributed by atoms with Gasteiger partial charge in [0.05, 0.1) is 12.7 Å². The molecule has 104 valence electrons. The van der Waals surface area contributed by atoms with E-state index >= 15 is 0 Å². The zero-order chi connectivity index (χ0) is 14.9. The second-order valence-corrected chi connectivity index (χ2v) is 6.69. The first-order valence-corrected chi connectivity index (χ1v) is 7.96. The van der Waals surface area contributed by atoms with Crippen LogP contribution in [0.2, 0.25) is 0 Å². The van der Waals surface area contributed by atoms with E-state index in [1.807, 2.05) is 44.2 Å². The lowest BCUT2D eigenvalue weighted by Crippen LogP contribution is -2.08. The lowest BCUT2D eigenvalue weighted by atomic mass is 9.96. The van der Waals surface area contributed by atoms with Gasteiger partial charge in [0.1, 0.15) is 5.75 Å². The number of aryl methyl sites for hydroxylation is 2. The van der Waals surface area contributed by atoms with Crippen LogP contribution >= 0.6 is 38.5 Å². The molecule has 2 nitrogen and oxygen atoms in total. The van der Waals surface area contributed by atoms with Gasteiger partial charge in [0.25, 0.3) is 0 Å². The fourth-order valence-electron chi connectivity index (χ4n) is 2.19. The Hall–Kier alpha value is -0.880. The first-order chi connectivity index (χ1) is 9.43. The summed E-state index contributed by atoms with van der Waals surface area (Å²) in [5, 5.41) is 0. The van der Waals surface area contributed by atoms with Crippen LogP contribution in [-0.2, 0) is 0 Å². The molecule has 0 radical (unpaired) electrons. The minimum absolute atomic E-state index is 0.00921. The number of methoxy groups -OCH3 is 1. The zero-order valence-corrected chi connectivity index (χ0v) is 15.2. The third kappa shape index (κ3) is 3.06. The third-order valence-electron chi connectivity index (χ3n) is 3.06. The lowest BCUT2D eigenvalue weighted by Gasteiger charge is -2.13. The molecule has 0 unspecified atom stereocenters. The molecule has 0 saturated heterocycles. The number of benzene rings is 2. The molecule has 20 heavy (non-hydrogen) atoms. The molecule has 4 heteroatoms. The van der Waals surface area contributed by atoms with E-state index in [1.165, 1.54) is 0 Å². The van der Waals surface area contributed by atoms with E-state index in [0.29, 0.717) is 16.9 Å². The van der Waals surface area contributed by atoms with Crippen LogP contribution in [0.4, 0.5) is 0 Å². The van der Waals surface area contributed by atoms with Gasteiger partial charge in [0, 0.05) is 13.6 Å². The minimum Gasteiger partial charge on any atom is -0.496 e. The number of hydrogen-bond donors (Lipinski definition) is 0. The topological polar surface area (TPSA) is 26.3 Å². The number of carbonyl (C=O) groups excluding carboxylic acids is 1. The van der Waals surface area contributed by atoms with Crippen molar-refractivity contribution in [1.29, 1.82) is 0 Å². The summed E-state index contributed by atoms with van der Waals surface area (Å²) >= 11 is 5.59. The quantitative estimate of drug-likeness (QED) is 0.496. The van der Waals surface area contributed by atoms with E-state index in [-0.39, 0.29) is 5.78 Å². The number of carbonyl (C=O) groups is 1. The summed E-state index contributed by atoms with van der Waals surface area (Å²) in [7, 11) is 1.59. The Bertz CT molecular complexity index is 680. The standard InChI is InChI=1S/C16H14BrIO2/c1-9-6-10(2)15(14(7-9)20-3)16(19)12-8-11(17)4-5-13(12)18/h4-8H,1-3H3. The van der Waals surface area contributed by atoms with Gasteiger partial charge in [0.15, 0.2) is 5.78 Å². The molecule has 2 aromatic carbocycles. The first-order valence-electron chi connectivity index (χ1n) is 6.09. The van der Waals surface area contributed by atoms with Gasteiger partial charge >= 0.3 is 0 Å². The van der Waals surface area contributed by atoms with Gasteiger partial charge < -0.3 is 4.74 Å². The number of halogens is 2. The van der Waals surface area contributed by atoms with Crippen LogP contribution in [0.5, 0.6) is 5.75 Å². The molecule has 0 aliphatic carbocycles. The van der Waals surface area contributed by atoms with E-state index in [1.54, 1.807) is 7.11 Å². The van der Waals surface area contributed by atoms with E-state index in [4.69, 9.17) is 4.74 Å². The molecule has 0 bridgehead atoms. The third-order valence-corrected chi connectivity index (χ3v) is 4.50. The summed E-state index contributed by atoms with van der Waals surface area (Å²) in [6, 6.07) is 9.60. The number of rotatable bonds is 3. The average molecular weight is 445 g/mol. The largest absolute Gasteiger partial charge is 0.496 e. The van der Waals surface area contributed by atoms with Crippen LogP contribution in [-0.4, -0.2) is 12.9 Å². The van der Waals surface area contributed by atoms with Gasteiger partial charge in [-0.2, -0.15) is 0 Å². The Balaban J connectivity index is 2.62. The molecule has 0 amide bonds. The fraction of sp³-hybridized carbons (Fsp3) is 0.188. The summed E-state index contributed by atoms with van der Waals surface area (Å²) in [5.41, 5.74) is 3.34. The van der Waals surface area contributed by atoms with Gasteiger partial charge in [-0.05, 0) is 71.8 Å². The molecule has 0 fully saturated rings. The SMILES string of the molecule is COc1cc(C)cc(C)c1C(=O)c1cc(Br)ccc1I. The fourth-order valence-corrected chi connectivity index (χ4v) is 3.13. The first kappa shape index (κ1) is 15.5. The van der Waals surface area contributed by atoms with Crippen LogP contribution in [0.1, 0.15) is 27.0 Å². The van der Waals surface area contributed by atoms with E-state index in [9.17, 15) is 4.79 Å². The molecule has 0 heterocycles. The normalized spacial score (nSPS) is 10.4. The average Bonchev–Trinajstić information content (AvgIpc) is 2.40. The zero-order valence-electron chi connectivity index (χ0n) is 11.5. The second kappa shape index (κ2) is 6.26.